The number of nitrogens with zero attached hydrogens (tertiary/aromatic N) is 3. The van der Waals surface area contributed by atoms with Crippen molar-refractivity contribution in [1.29, 1.82) is 0 Å². The Bertz CT molecular complexity index is 850. The summed E-state index contributed by atoms with van der Waals surface area (Å²) in [6.45, 7) is 3.68. The van der Waals surface area contributed by atoms with Crippen LogP contribution < -0.4 is 5.32 Å². The van der Waals surface area contributed by atoms with Crippen LogP contribution in [-0.4, -0.2) is 50.9 Å². The number of carbonyl (C=O) groups excluding carboxylic acids is 1. The number of aromatic nitrogens is 2. The molecule has 0 saturated heterocycles. The number of carbonyl (C=O) groups is 2. The van der Waals surface area contributed by atoms with Gasteiger partial charge >= 0.3 is 12.1 Å². The van der Waals surface area contributed by atoms with E-state index in [-0.39, 0.29) is 11.9 Å². The number of thiophene rings is 1. The molecule has 0 aromatic carbocycles. The summed E-state index contributed by atoms with van der Waals surface area (Å²) in [5, 5.41) is 16.6. The van der Waals surface area contributed by atoms with Gasteiger partial charge in [-0.25, -0.2) is 4.79 Å². The Balaban J connectivity index is 0.000000318. The number of carboxylic acids is 1. The number of nitrogens with one attached hydrogen (secondary N) is 1. The Morgan fingerprint density at radius 1 is 1.30 bits per heavy atom. The monoisotopic (exact) mass is 444 g/mol. The smallest absolute Gasteiger partial charge is 0.475 e. The van der Waals surface area contributed by atoms with Crippen molar-refractivity contribution in [2.75, 3.05) is 13.1 Å². The zero-order valence-electron chi connectivity index (χ0n) is 16.1. The first-order valence-electron chi connectivity index (χ1n) is 9.56. The molecule has 1 aliphatic heterocycles. The molecule has 2 N–H and O–H groups in total. The lowest BCUT2D eigenvalue weighted by Crippen LogP contribution is -2.40. The van der Waals surface area contributed by atoms with E-state index in [0.29, 0.717) is 13.0 Å². The van der Waals surface area contributed by atoms with Crippen LogP contribution in [-0.2, 0) is 22.7 Å². The number of alkyl halides is 3. The molecule has 2 aromatic heterocycles. The maximum atomic E-state index is 12.3. The van der Waals surface area contributed by atoms with Gasteiger partial charge in [-0.1, -0.05) is 6.07 Å². The molecule has 0 bridgehead atoms. The van der Waals surface area contributed by atoms with Crippen LogP contribution in [0.4, 0.5) is 13.2 Å². The number of halogens is 3. The standard InChI is InChI=1S/C17H22N4OS.C2HF3O2/c22-17(18-9-16-2-1-7-23-16)8-15-12-20(10-13-3-4-13)11-14-5-6-19-21(14)15;3-2(4,5)1(6)7/h1-2,5-7,13,15H,3-4,8-12H2,(H,18,22);(H,6,7). The first kappa shape index (κ1) is 22.3. The molecule has 2 aliphatic rings. The van der Waals surface area contributed by atoms with Gasteiger partial charge in [-0.05, 0) is 36.3 Å². The van der Waals surface area contributed by atoms with E-state index in [9.17, 15) is 18.0 Å². The van der Waals surface area contributed by atoms with E-state index in [1.54, 1.807) is 11.3 Å². The van der Waals surface area contributed by atoms with Crippen molar-refractivity contribution in [3.8, 4) is 0 Å². The van der Waals surface area contributed by atoms with Crippen molar-refractivity contribution in [2.24, 2.45) is 5.92 Å². The van der Waals surface area contributed by atoms with Crippen LogP contribution in [0.5, 0.6) is 0 Å². The van der Waals surface area contributed by atoms with Gasteiger partial charge in [0.05, 0.1) is 24.7 Å². The van der Waals surface area contributed by atoms with E-state index >= 15 is 0 Å². The number of fused-ring (bicyclic) bond motifs is 1. The highest BCUT2D eigenvalue weighted by molar-refractivity contribution is 7.09. The number of carboxylic acid groups (broad SMARTS) is 1. The molecular formula is C19H23F3N4O3S. The predicted octanol–water partition coefficient (Wildman–Crippen LogP) is 3.05. The third-order valence-electron chi connectivity index (χ3n) is 4.87. The second kappa shape index (κ2) is 9.61. The summed E-state index contributed by atoms with van der Waals surface area (Å²) >= 11 is 1.67. The maximum Gasteiger partial charge on any atom is 0.490 e. The third-order valence-corrected chi connectivity index (χ3v) is 5.75. The molecule has 30 heavy (non-hydrogen) atoms. The molecule has 3 heterocycles. The Labute approximate surface area is 175 Å². The highest BCUT2D eigenvalue weighted by Gasteiger charge is 2.38. The second-order valence-corrected chi connectivity index (χ2v) is 8.45. The minimum atomic E-state index is -5.08. The molecule has 1 amide bonds. The molecule has 1 atom stereocenters. The van der Waals surface area contributed by atoms with E-state index in [4.69, 9.17) is 9.90 Å². The van der Waals surface area contributed by atoms with Crippen molar-refractivity contribution >= 4 is 23.2 Å². The van der Waals surface area contributed by atoms with Gasteiger partial charge in [0.15, 0.2) is 0 Å². The molecule has 164 valence electrons. The summed E-state index contributed by atoms with van der Waals surface area (Å²) in [6.07, 6.45) is -0.00279. The molecular weight excluding hydrogens is 421 g/mol. The van der Waals surface area contributed by atoms with Crippen LogP contribution in [0, 0.1) is 5.92 Å². The number of aliphatic carboxylic acids is 1. The van der Waals surface area contributed by atoms with Crippen molar-refractivity contribution in [3.05, 3.63) is 40.3 Å². The molecule has 2 aromatic rings. The lowest BCUT2D eigenvalue weighted by atomic mass is 10.1. The van der Waals surface area contributed by atoms with Crippen LogP contribution in [0.2, 0.25) is 0 Å². The van der Waals surface area contributed by atoms with Gasteiger partial charge in [0.1, 0.15) is 0 Å². The minimum Gasteiger partial charge on any atom is -0.475 e. The first-order valence-corrected chi connectivity index (χ1v) is 10.4. The highest BCUT2D eigenvalue weighted by Crippen LogP contribution is 2.32. The SMILES string of the molecule is O=C(CC1CN(CC2CC2)Cc2ccnn21)NCc1cccs1.O=C(O)C(F)(F)F. The van der Waals surface area contributed by atoms with E-state index < -0.39 is 12.1 Å². The highest BCUT2D eigenvalue weighted by atomic mass is 32.1. The fraction of sp³-hybridized carbons (Fsp3) is 0.526. The third kappa shape index (κ3) is 6.56. The Morgan fingerprint density at radius 2 is 2.03 bits per heavy atom. The summed E-state index contributed by atoms with van der Waals surface area (Å²) in [4.78, 5) is 24.9. The molecule has 7 nitrogen and oxygen atoms in total. The van der Waals surface area contributed by atoms with Crippen LogP contribution in [0.1, 0.15) is 35.9 Å². The minimum absolute atomic E-state index is 0.109. The summed E-state index contributed by atoms with van der Waals surface area (Å²) < 4.78 is 33.8. The number of hydrogen-bond acceptors (Lipinski definition) is 5. The van der Waals surface area contributed by atoms with Crippen molar-refractivity contribution < 1.29 is 27.9 Å². The lowest BCUT2D eigenvalue weighted by Gasteiger charge is -2.33. The van der Waals surface area contributed by atoms with E-state index in [0.717, 1.165) is 19.0 Å². The fourth-order valence-electron chi connectivity index (χ4n) is 3.31. The Morgan fingerprint density at radius 3 is 2.63 bits per heavy atom. The normalized spacial score (nSPS) is 18.8. The summed E-state index contributed by atoms with van der Waals surface area (Å²) in [5.41, 5.74) is 1.23. The lowest BCUT2D eigenvalue weighted by molar-refractivity contribution is -0.192. The van der Waals surface area contributed by atoms with Crippen molar-refractivity contribution in [2.45, 2.75) is 44.6 Å². The number of rotatable bonds is 6. The maximum absolute atomic E-state index is 12.3. The average molecular weight is 444 g/mol. The summed E-state index contributed by atoms with van der Waals surface area (Å²) in [6, 6.07) is 6.29. The summed E-state index contributed by atoms with van der Waals surface area (Å²) in [7, 11) is 0. The zero-order chi connectivity index (χ0) is 21.7. The van der Waals surface area contributed by atoms with E-state index in [1.807, 2.05) is 22.3 Å². The van der Waals surface area contributed by atoms with Crippen LogP contribution in [0.3, 0.4) is 0 Å². The van der Waals surface area contributed by atoms with Gasteiger partial charge in [-0.3, -0.25) is 14.4 Å². The van der Waals surface area contributed by atoms with Gasteiger partial charge in [-0.2, -0.15) is 18.3 Å². The molecule has 11 heteroatoms. The van der Waals surface area contributed by atoms with Gasteiger partial charge in [0.25, 0.3) is 0 Å². The number of hydrogen-bond donors (Lipinski definition) is 2. The van der Waals surface area contributed by atoms with Crippen LogP contribution in [0.15, 0.2) is 29.8 Å². The van der Waals surface area contributed by atoms with Crippen molar-refractivity contribution in [3.63, 3.8) is 0 Å². The molecule has 1 fully saturated rings. The summed E-state index contributed by atoms with van der Waals surface area (Å²) in [5.74, 6) is -1.77. The topological polar surface area (TPSA) is 87.5 Å². The molecule has 0 spiro atoms. The predicted molar refractivity (Wildman–Crippen MR) is 104 cm³/mol. The van der Waals surface area contributed by atoms with Gasteiger partial charge in [0, 0.05) is 30.7 Å². The van der Waals surface area contributed by atoms with Gasteiger partial charge < -0.3 is 10.4 Å². The zero-order valence-corrected chi connectivity index (χ0v) is 17.0. The van der Waals surface area contributed by atoms with E-state index in [1.165, 1.54) is 30.0 Å². The molecule has 4 rings (SSSR count). The molecule has 1 aliphatic carbocycles. The largest absolute Gasteiger partial charge is 0.490 e. The Hall–Kier alpha value is -2.40. The van der Waals surface area contributed by atoms with Gasteiger partial charge in [-0.15, -0.1) is 11.3 Å². The van der Waals surface area contributed by atoms with Crippen LogP contribution >= 0.6 is 11.3 Å². The molecule has 1 saturated carbocycles. The number of amides is 1. The van der Waals surface area contributed by atoms with Gasteiger partial charge in [0.2, 0.25) is 5.91 Å². The Kier molecular flexibility index (Phi) is 7.14. The second-order valence-electron chi connectivity index (χ2n) is 7.42. The van der Waals surface area contributed by atoms with Crippen LogP contribution in [0.25, 0.3) is 0 Å². The molecule has 1 unspecified atom stereocenters. The quantitative estimate of drug-likeness (QED) is 0.715. The average Bonchev–Trinajstić information content (AvgIpc) is 3.14. The van der Waals surface area contributed by atoms with E-state index in [2.05, 4.69) is 27.4 Å². The fourth-order valence-corrected chi connectivity index (χ4v) is 3.95. The first-order chi connectivity index (χ1) is 14.2. The molecule has 0 radical (unpaired) electrons. The van der Waals surface area contributed by atoms with Crippen molar-refractivity contribution in [1.82, 2.24) is 20.0 Å².